The normalized spacial score (nSPS) is 19.2. The second-order valence-corrected chi connectivity index (χ2v) is 6.25. The fourth-order valence-electron chi connectivity index (χ4n) is 3.10. The van der Waals surface area contributed by atoms with Gasteiger partial charge in [-0.3, -0.25) is 4.99 Å². The lowest BCUT2D eigenvalue weighted by atomic mass is 9.93. The second kappa shape index (κ2) is 4.45. The summed E-state index contributed by atoms with van der Waals surface area (Å²) < 4.78 is 1.12. The van der Waals surface area contributed by atoms with E-state index in [1.165, 1.54) is 22.4 Å². The van der Waals surface area contributed by atoms with Crippen molar-refractivity contribution < 1.29 is 0 Å². The van der Waals surface area contributed by atoms with Crippen LogP contribution in [0.15, 0.2) is 51.9 Å². The van der Waals surface area contributed by atoms with Crippen LogP contribution in [0.3, 0.4) is 0 Å². The van der Waals surface area contributed by atoms with Crippen molar-refractivity contribution in [3.63, 3.8) is 0 Å². The summed E-state index contributed by atoms with van der Waals surface area (Å²) >= 11 is 3.59. The topological polar surface area (TPSA) is 15.6 Å². The Morgan fingerprint density at radius 3 is 2.75 bits per heavy atom. The number of hydrogen-bond donors (Lipinski definition) is 0. The van der Waals surface area contributed by atoms with Gasteiger partial charge in [0.15, 0.2) is 0 Å². The van der Waals surface area contributed by atoms with Crippen LogP contribution in [-0.2, 0) is 0 Å². The summed E-state index contributed by atoms with van der Waals surface area (Å²) in [6.45, 7) is 3.20. The van der Waals surface area contributed by atoms with Gasteiger partial charge in [-0.15, -0.1) is 0 Å². The number of rotatable bonds is 1. The maximum absolute atomic E-state index is 4.92. The highest BCUT2D eigenvalue weighted by atomic mass is 79.9. The first-order valence-electron chi connectivity index (χ1n) is 7.02. The molecule has 2 nitrogen and oxygen atoms in total. The number of nitrogens with zero attached hydrogens (tertiary/aromatic N) is 2. The Balaban J connectivity index is 2.00. The second-order valence-electron chi connectivity index (χ2n) is 5.33. The van der Waals surface area contributed by atoms with Crippen LogP contribution in [0, 0.1) is 0 Å². The first-order valence-corrected chi connectivity index (χ1v) is 7.82. The molecule has 0 N–H and O–H groups in total. The fraction of sp³-hybridized carbons (Fsp3) is 0.235. The van der Waals surface area contributed by atoms with Crippen LogP contribution in [0.4, 0.5) is 5.69 Å². The van der Waals surface area contributed by atoms with Crippen LogP contribution in [0.5, 0.6) is 0 Å². The molecule has 0 aliphatic carbocycles. The van der Waals surface area contributed by atoms with Gasteiger partial charge in [-0.25, -0.2) is 0 Å². The lowest BCUT2D eigenvalue weighted by Gasteiger charge is -2.30. The van der Waals surface area contributed by atoms with Crippen LogP contribution >= 0.6 is 15.9 Å². The molecule has 2 aromatic carbocycles. The lowest BCUT2D eigenvalue weighted by molar-refractivity contribution is 0.693. The summed E-state index contributed by atoms with van der Waals surface area (Å²) in [5.74, 6) is 1.14. The SMILES string of the molecule is CC[C@@H]1CN2C(=N1)c1ccccc1-c1cc(Br)ccc12. The monoisotopic (exact) mass is 326 g/mol. The van der Waals surface area contributed by atoms with Gasteiger partial charge in [0.1, 0.15) is 5.84 Å². The zero-order valence-corrected chi connectivity index (χ0v) is 12.9. The average Bonchev–Trinajstić information content (AvgIpc) is 2.92. The van der Waals surface area contributed by atoms with E-state index in [2.05, 4.69) is 70.2 Å². The molecule has 0 radical (unpaired) electrons. The van der Waals surface area contributed by atoms with Gasteiger partial charge in [0.2, 0.25) is 0 Å². The smallest absolute Gasteiger partial charge is 0.136 e. The van der Waals surface area contributed by atoms with E-state index in [-0.39, 0.29) is 0 Å². The van der Waals surface area contributed by atoms with Crippen LogP contribution < -0.4 is 4.90 Å². The van der Waals surface area contributed by atoms with E-state index in [1.54, 1.807) is 0 Å². The molecule has 0 fully saturated rings. The van der Waals surface area contributed by atoms with Crippen molar-refractivity contribution in [3.8, 4) is 11.1 Å². The third-order valence-corrected chi connectivity index (χ3v) is 4.63. The molecule has 0 unspecified atom stereocenters. The Bertz CT molecular complexity index is 721. The molecule has 2 aliphatic heterocycles. The molecule has 20 heavy (non-hydrogen) atoms. The van der Waals surface area contributed by atoms with E-state index >= 15 is 0 Å². The molecule has 3 heteroatoms. The molecule has 0 bridgehead atoms. The van der Waals surface area contributed by atoms with Gasteiger partial charge in [-0.1, -0.05) is 47.1 Å². The summed E-state index contributed by atoms with van der Waals surface area (Å²) in [4.78, 5) is 7.30. The number of benzene rings is 2. The number of amidine groups is 1. The van der Waals surface area contributed by atoms with Crippen molar-refractivity contribution in [2.24, 2.45) is 4.99 Å². The number of hydrogen-bond acceptors (Lipinski definition) is 2. The fourth-order valence-corrected chi connectivity index (χ4v) is 3.46. The molecule has 0 spiro atoms. The molecule has 2 heterocycles. The molecular formula is C17H15BrN2. The van der Waals surface area contributed by atoms with E-state index in [0.29, 0.717) is 6.04 Å². The zero-order valence-electron chi connectivity index (χ0n) is 11.3. The maximum atomic E-state index is 4.92. The Hall–Kier alpha value is -1.61. The van der Waals surface area contributed by atoms with Crippen LogP contribution in [0.25, 0.3) is 11.1 Å². The van der Waals surface area contributed by atoms with Crippen molar-refractivity contribution in [3.05, 3.63) is 52.5 Å². The molecule has 100 valence electrons. The van der Waals surface area contributed by atoms with Crippen molar-refractivity contribution in [1.82, 2.24) is 0 Å². The average molecular weight is 327 g/mol. The van der Waals surface area contributed by atoms with E-state index in [9.17, 15) is 0 Å². The molecule has 0 amide bonds. The number of fused-ring (bicyclic) bond motifs is 6. The van der Waals surface area contributed by atoms with Crippen molar-refractivity contribution in [2.45, 2.75) is 19.4 Å². The largest absolute Gasteiger partial charge is 0.323 e. The minimum absolute atomic E-state index is 0.410. The van der Waals surface area contributed by atoms with Crippen LogP contribution in [-0.4, -0.2) is 18.4 Å². The predicted octanol–water partition coefficient (Wildman–Crippen LogP) is 4.47. The highest BCUT2D eigenvalue weighted by Crippen LogP contribution is 2.42. The quantitative estimate of drug-likeness (QED) is 0.754. The summed E-state index contributed by atoms with van der Waals surface area (Å²) in [5, 5.41) is 0. The molecule has 0 aromatic heterocycles. The molecule has 0 saturated carbocycles. The van der Waals surface area contributed by atoms with E-state index in [1.807, 2.05) is 0 Å². The summed E-state index contributed by atoms with van der Waals surface area (Å²) in [7, 11) is 0. The Kier molecular flexibility index (Phi) is 2.71. The Morgan fingerprint density at radius 1 is 1.15 bits per heavy atom. The van der Waals surface area contributed by atoms with Crippen LogP contribution in [0.1, 0.15) is 18.9 Å². The Labute approximate surface area is 127 Å². The Morgan fingerprint density at radius 2 is 1.95 bits per heavy atom. The maximum Gasteiger partial charge on any atom is 0.136 e. The number of aliphatic imine (C=N–C) groups is 1. The minimum Gasteiger partial charge on any atom is -0.323 e. The van der Waals surface area contributed by atoms with Gasteiger partial charge in [-0.05, 0) is 30.2 Å². The minimum atomic E-state index is 0.410. The summed E-state index contributed by atoms with van der Waals surface area (Å²) in [6.07, 6.45) is 1.09. The summed E-state index contributed by atoms with van der Waals surface area (Å²) in [6, 6.07) is 15.5. The molecule has 4 rings (SSSR count). The lowest BCUT2D eigenvalue weighted by Crippen LogP contribution is -2.33. The van der Waals surface area contributed by atoms with E-state index in [0.717, 1.165) is 23.3 Å². The zero-order chi connectivity index (χ0) is 13.7. The molecule has 1 atom stereocenters. The molecule has 2 aromatic rings. The van der Waals surface area contributed by atoms with E-state index in [4.69, 9.17) is 4.99 Å². The van der Waals surface area contributed by atoms with Crippen LogP contribution in [0.2, 0.25) is 0 Å². The third kappa shape index (κ3) is 1.66. The third-order valence-electron chi connectivity index (χ3n) is 4.13. The highest BCUT2D eigenvalue weighted by Gasteiger charge is 2.33. The molecular weight excluding hydrogens is 312 g/mol. The van der Waals surface area contributed by atoms with Crippen molar-refractivity contribution in [2.75, 3.05) is 11.4 Å². The standard InChI is InChI=1S/C17H15BrN2/c1-2-12-10-20-16-8-7-11(18)9-15(16)13-5-3-4-6-14(13)17(20)19-12/h3-9,12H,2,10H2,1H3/t12-/m1/s1. The molecule has 2 aliphatic rings. The predicted molar refractivity (Wildman–Crippen MR) is 87.5 cm³/mol. The van der Waals surface area contributed by atoms with Crippen molar-refractivity contribution >= 4 is 27.5 Å². The number of anilines is 1. The first kappa shape index (κ1) is 12.2. The number of halogens is 1. The van der Waals surface area contributed by atoms with Gasteiger partial charge in [-0.2, -0.15) is 0 Å². The summed E-state index contributed by atoms with van der Waals surface area (Å²) in [5.41, 5.74) is 5.12. The molecule has 0 saturated heterocycles. The van der Waals surface area contributed by atoms with Crippen molar-refractivity contribution in [1.29, 1.82) is 0 Å². The van der Waals surface area contributed by atoms with Gasteiger partial charge in [0.25, 0.3) is 0 Å². The van der Waals surface area contributed by atoms with E-state index < -0.39 is 0 Å². The van der Waals surface area contributed by atoms with Gasteiger partial charge >= 0.3 is 0 Å². The van der Waals surface area contributed by atoms with Gasteiger partial charge in [0.05, 0.1) is 11.7 Å². The van der Waals surface area contributed by atoms with Gasteiger partial charge in [0, 0.05) is 22.1 Å². The first-order chi connectivity index (χ1) is 9.78. The highest BCUT2D eigenvalue weighted by molar-refractivity contribution is 9.10. The van der Waals surface area contributed by atoms with Gasteiger partial charge < -0.3 is 4.90 Å².